The lowest BCUT2D eigenvalue weighted by molar-refractivity contribution is -0.385. The van der Waals surface area contributed by atoms with Crippen molar-refractivity contribution in [2.24, 2.45) is 0 Å². The smallest absolute Gasteiger partial charge is 0.312 e. The van der Waals surface area contributed by atoms with E-state index in [1.165, 1.54) is 18.2 Å². The second-order valence-electron chi connectivity index (χ2n) is 4.90. The van der Waals surface area contributed by atoms with Gasteiger partial charge in [0.25, 0.3) is 0 Å². The van der Waals surface area contributed by atoms with Gasteiger partial charge in [-0.25, -0.2) is 0 Å². The fourth-order valence-electron chi connectivity index (χ4n) is 2.10. The molecule has 0 aliphatic heterocycles. The van der Waals surface area contributed by atoms with Crippen LogP contribution in [0.2, 0.25) is 5.02 Å². The van der Waals surface area contributed by atoms with E-state index in [2.05, 4.69) is 0 Å². The Labute approximate surface area is 132 Å². The molecule has 0 bridgehead atoms. The van der Waals surface area contributed by atoms with Crippen LogP contribution in [-0.4, -0.2) is 17.3 Å². The van der Waals surface area contributed by atoms with Crippen LogP contribution >= 0.6 is 11.6 Å². The number of carbonyl (C=O) groups is 1. The molecule has 0 radical (unpaired) electrons. The molecule has 6 heteroatoms. The summed E-state index contributed by atoms with van der Waals surface area (Å²) in [5.41, 5.74) is 2.19. The van der Waals surface area contributed by atoms with Crippen LogP contribution in [0.3, 0.4) is 0 Å². The van der Waals surface area contributed by atoms with Crippen molar-refractivity contribution >= 4 is 23.1 Å². The SMILES string of the molecule is Cc1ccc(C(=O)COc2ccc(Cl)cc2[N+](=O)[O-])c(C)c1. The third-order valence-electron chi connectivity index (χ3n) is 3.16. The molecule has 0 atom stereocenters. The van der Waals surface area contributed by atoms with Crippen molar-refractivity contribution in [1.29, 1.82) is 0 Å². The standard InChI is InChI=1S/C16H14ClNO4/c1-10-3-5-13(11(2)7-10)15(19)9-22-16-6-4-12(17)8-14(16)18(20)21/h3-8H,9H2,1-2H3. The molecule has 0 spiro atoms. The highest BCUT2D eigenvalue weighted by molar-refractivity contribution is 6.30. The van der Waals surface area contributed by atoms with E-state index in [0.29, 0.717) is 5.56 Å². The van der Waals surface area contributed by atoms with Crippen molar-refractivity contribution in [2.75, 3.05) is 6.61 Å². The molecule has 0 saturated carbocycles. The molecule has 0 N–H and O–H groups in total. The molecule has 2 aromatic rings. The van der Waals surface area contributed by atoms with Crippen molar-refractivity contribution in [3.63, 3.8) is 0 Å². The first-order valence-corrected chi connectivity index (χ1v) is 6.93. The van der Waals surface area contributed by atoms with E-state index in [-0.39, 0.29) is 28.8 Å². The molecule has 2 rings (SSSR count). The van der Waals surface area contributed by atoms with Crippen molar-refractivity contribution in [3.8, 4) is 5.75 Å². The van der Waals surface area contributed by atoms with E-state index in [1.807, 2.05) is 26.0 Å². The third kappa shape index (κ3) is 3.62. The fourth-order valence-corrected chi connectivity index (χ4v) is 2.27. The number of ketones is 1. The molecule has 0 aliphatic carbocycles. The average Bonchev–Trinajstić information content (AvgIpc) is 2.45. The number of ether oxygens (including phenoxy) is 1. The van der Waals surface area contributed by atoms with Crippen LogP contribution < -0.4 is 4.74 Å². The maximum atomic E-state index is 12.2. The quantitative estimate of drug-likeness (QED) is 0.472. The number of hydrogen-bond acceptors (Lipinski definition) is 4. The summed E-state index contributed by atoms with van der Waals surface area (Å²) >= 11 is 5.73. The summed E-state index contributed by atoms with van der Waals surface area (Å²) in [5.74, 6) is -0.214. The van der Waals surface area contributed by atoms with Gasteiger partial charge in [-0.1, -0.05) is 35.4 Å². The first kappa shape index (κ1) is 16.0. The Morgan fingerprint density at radius 2 is 1.95 bits per heavy atom. The van der Waals surface area contributed by atoms with E-state index < -0.39 is 4.92 Å². The second-order valence-corrected chi connectivity index (χ2v) is 5.34. The summed E-state index contributed by atoms with van der Waals surface area (Å²) < 4.78 is 5.31. The van der Waals surface area contributed by atoms with E-state index in [1.54, 1.807) is 6.07 Å². The van der Waals surface area contributed by atoms with Crippen LogP contribution in [0.25, 0.3) is 0 Å². The minimum absolute atomic E-state index is 0.0208. The maximum Gasteiger partial charge on any atom is 0.312 e. The highest BCUT2D eigenvalue weighted by Gasteiger charge is 2.17. The second kappa shape index (κ2) is 6.58. The normalized spacial score (nSPS) is 10.3. The summed E-state index contributed by atoms with van der Waals surface area (Å²) in [6.45, 7) is 3.51. The number of carbonyl (C=O) groups excluding carboxylic acids is 1. The molecular formula is C16H14ClNO4. The van der Waals surface area contributed by atoms with Crippen LogP contribution in [-0.2, 0) is 0 Å². The Morgan fingerprint density at radius 1 is 1.23 bits per heavy atom. The van der Waals surface area contributed by atoms with Gasteiger partial charge in [-0.3, -0.25) is 14.9 Å². The predicted octanol–water partition coefficient (Wildman–Crippen LogP) is 4.13. The van der Waals surface area contributed by atoms with Crippen LogP contribution in [0.15, 0.2) is 36.4 Å². The van der Waals surface area contributed by atoms with Gasteiger partial charge >= 0.3 is 5.69 Å². The highest BCUT2D eigenvalue weighted by Crippen LogP contribution is 2.30. The first-order chi connectivity index (χ1) is 10.4. The fraction of sp³-hybridized carbons (Fsp3) is 0.188. The van der Waals surface area contributed by atoms with Gasteiger partial charge in [0.05, 0.1) is 4.92 Å². The number of rotatable bonds is 5. The Balaban J connectivity index is 2.16. The summed E-state index contributed by atoms with van der Waals surface area (Å²) in [5, 5.41) is 11.2. The number of aryl methyl sites for hydroxylation is 2. The van der Waals surface area contributed by atoms with Gasteiger partial charge in [0.1, 0.15) is 0 Å². The molecule has 0 aliphatic rings. The number of halogens is 1. The highest BCUT2D eigenvalue weighted by atomic mass is 35.5. The number of nitrogens with zero attached hydrogens (tertiary/aromatic N) is 1. The first-order valence-electron chi connectivity index (χ1n) is 6.55. The maximum absolute atomic E-state index is 12.2. The molecule has 114 valence electrons. The van der Waals surface area contributed by atoms with Gasteiger partial charge in [0.15, 0.2) is 18.1 Å². The Bertz CT molecular complexity index is 743. The van der Waals surface area contributed by atoms with Gasteiger partial charge in [-0.15, -0.1) is 0 Å². The summed E-state index contributed by atoms with van der Waals surface area (Å²) in [4.78, 5) is 22.5. The minimum atomic E-state index is -0.594. The molecule has 0 amide bonds. The average molecular weight is 320 g/mol. The lowest BCUT2D eigenvalue weighted by atomic mass is 10.0. The van der Waals surface area contributed by atoms with Gasteiger partial charge < -0.3 is 4.74 Å². The number of hydrogen-bond donors (Lipinski definition) is 0. The molecule has 5 nitrogen and oxygen atoms in total. The van der Waals surface area contributed by atoms with Crippen LogP contribution in [0.5, 0.6) is 5.75 Å². The van der Waals surface area contributed by atoms with Crippen LogP contribution in [0.4, 0.5) is 5.69 Å². The summed E-state index contributed by atoms with van der Waals surface area (Å²) in [7, 11) is 0. The zero-order chi connectivity index (χ0) is 16.3. The van der Waals surface area contributed by atoms with E-state index in [4.69, 9.17) is 16.3 Å². The van der Waals surface area contributed by atoms with Gasteiger partial charge in [-0.2, -0.15) is 0 Å². The largest absolute Gasteiger partial charge is 0.478 e. The lowest BCUT2D eigenvalue weighted by Gasteiger charge is -2.08. The molecule has 0 aromatic heterocycles. The number of benzene rings is 2. The number of nitro benzene ring substituents is 1. The number of nitro groups is 1. The molecule has 2 aromatic carbocycles. The molecular weight excluding hydrogens is 306 g/mol. The van der Waals surface area contributed by atoms with Gasteiger partial charge in [0.2, 0.25) is 0 Å². The molecule has 0 fully saturated rings. The van der Waals surface area contributed by atoms with E-state index >= 15 is 0 Å². The van der Waals surface area contributed by atoms with Crippen molar-refractivity contribution in [2.45, 2.75) is 13.8 Å². The zero-order valence-corrected chi connectivity index (χ0v) is 12.9. The lowest BCUT2D eigenvalue weighted by Crippen LogP contribution is -2.13. The zero-order valence-electron chi connectivity index (χ0n) is 12.1. The molecule has 0 unspecified atom stereocenters. The molecule has 0 saturated heterocycles. The van der Waals surface area contributed by atoms with E-state index in [0.717, 1.165) is 11.1 Å². The van der Waals surface area contributed by atoms with Crippen LogP contribution in [0.1, 0.15) is 21.5 Å². The summed E-state index contributed by atoms with van der Waals surface area (Å²) in [6.07, 6.45) is 0. The Hall–Kier alpha value is -2.40. The van der Waals surface area contributed by atoms with Crippen molar-refractivity contribution < 1.29 is 14.5 Å². The van der Waals surface area contributed by atoms with Gasteiger partial charge in [-0.05, 0) is 31.5 Å². The molecule has 0 heterocycles. The number of Topliss-reactive ketones (excluding diaryl/α,β-unsaturated/α-hetero) is 1. The van der Waals surface area contributed by atoms with E-state index in [9.17, 15) is 14.9 Å². The van der Waals surface area contributed by atoms with Crippen LogP contribution in [0, 0.1) is 24.0 Å². The Kier molecular flexibility index (Phi) is 4.78. The van der Waals surface area contributed by atoms with Crippen molar-refractivity contribution in [1.82, 2.24) is 0 Å². The third-order valence-corrected chi connectivity index (χ3v) is 3.39. The topological polar surface area (TPSA) is 69.4 Å². The van der Waals surface area contributed by atoms with Crippen molar-refractivity contribution in [3.05, 3.63) is 68.2 Å². The molecule has 22 heavy (non-hydrogen) atoms. The predicted molar refractivity (Wildman–Crippen MR) is 83.8 cm³/mol. The van der Waals surface area contributed by atoms with Gasteiger partial charge in [0, 0.05) is 16.7 Å². The minimum Gasteiger partial charge on any atom is -0.478 e. The summed E-state index contributed by atoms with van der Waals surface area (Å²) in [6, 6.07) is 9.52. The Morgan fingerprint density at radius 3 is 2.59 bits per heavy atom. The monoisotopic (exact) mass is 319 g/mol.